The zero-order valence-electron chi connectivity index (χ0n) is 51.2. The maximum absolute atomic E-state index is 12.9. The lowest BCUT2D eigenvalue weighted by atomic mass is 10.0. The normalized spacial score (nSPS) is 14.4. The second kappa shape index (κ2) is 56.7. The zero-order valence-corrected chi connectivity index (χ0v) is 53.0. The molecule has 0 aliphatic rings. The number of hydrogen-bond acceptors (Lipinski definition) is 15. The van der Waals surface area contributed by atoms with Gasteiger partial charge in [0.2, 0.25) is 0 Å². The van der Waals surface area contributed by atoms with E-state index in [4.69, 9.17) is 37.0 Å². The molecule has 0 fully saturated rings. The second-order valence-electron chi connectivity index (χ2n) is 21.8. The molecule has 0 rings (SSSR count). The summed E-state index contributed by atoms with van der Waals surface area (Å²) in [5.41, 5.74) is 0. The van der Waals surface area contributed by atoms with E-state index in [9.17, 15) is 43.2 Å². The van der Waals surface area contributed by atoms with Crippen LogP contribution in [0.25, 0.3) is 0 Å². The van der Waals surface area contributed by atoms with Gasteiger partial charge in [0.1, 0.15) is 19.3 Å². The summed E-state index contributed by atoms with van der Waals surface area (Å²) < 4.78 is 67.7. The maximum atomic E-state index is 12.9. The number of carbonyl (C=O) groups excluding carboxylic acids is 4. The molecule has 0 radical (unpaired) electrons. The number of phosphoric acid groups is 2. The molecule has 2 unspecified atom stereocenters. The van der Waals surface area contributed by atoms with E-state index in [1.807, 2.05) is 0 Å². The zero-order chi connectivity index (χ0) is 59.8. The lowest BCUT2D eigenvalue weighted by Gasteiger charge is -2.21. The number of rotatable bonds is 61. The molecule has 0 aromatic rings. The minimum atomic E-state index is -4.95. The van der Waals surface area contributed by atoms with Crippen LogP contribution in [0.1, 0.15) is 291 Å². The summed E-state index contributed by atoms with van der Waals surface area (Å²) in [5.74, 6) is -2.17. The van der Waals surface area contributed by atoms with E-state index in [2.05, 4.69) is 52.0 Å². The Morgan fingerprint density at radius 2 is 0.593 bits per heavy atom. The SMILES string of the molecule is CCCCCC/C=C\C=C/CCCCCCCC(=O)O[C@H](COC(=O)CCCCCCCCCCCCCC)COP(=O)(O)OC[C@@H](O)COP(=O)(O)OC[C@@H](COC(=O)CCCCCCCCC)OC(=O)CCCCCCCCC. The van der Waals surface area contributed by atoms with Gasteiger partial charge in [0.05, 0.1) is 26.4 Å². The highest BCUT2D eigenvalue weighted by Crippen LogP contribution is 2.45. The molecule has 17 nitrogen and oxygen atoms in total. The summed E-state index contributed by atoms with van der Waals surface area (Å²) in [6, 6.07) is 0. The molecule has 0 aliphatic carbocycles. The van der Waals surface area contributed by atoms with Crippen LogP contribution in [-0.2, 0) is 65.4 Å². The fraction of sp³-hybridized carbons (Fsp3) is 0.871. The molecule has 3 N–H and O–H groups in total. The van der Waals surface area contributed by atoms with Gasteiger partial charge in [-0.3, -0.25) is 37.3 Å². The summed E-state index contributed by atoms with van der Waals surface area (Å²) in [5, 5.41) is 10.5. The fourth-order valence-electron chi connectivity index (χ4n) is 8.74. The van der Waals surface area contributed by atoms with Crippen molar-refractivity contribution in [1.29, 1.82) is 0 Å². The van der Waals surface area contributed by atoms with Crippen molar-refractivity contribution in [3.8, 4) is 0 Å². The van der Waals surface area contributed by atoms with E-state index in [-0.39, 0.29) is 25.7 Å². The topological polar surface area (TPSA) is 237 Å². The largest absolute Gasteiger partial charge is 0.472 e. The highest BCUT2D eigenvalue weighted by molar-refractivity contribution is 7.47. The number of ether oxygens (including phenoxy) is 4. The second-order valence-corrected chi connectivity index (χ2v) is 24.7. The Hall–Kier alpha value is -2.46. The molecule has 0 amide bonds. The molecule has 0 saturated carbocycles. The third-order valence-corrected chi connectivity index (χ3v) is 15.6. The van der Waals surface area contributed by atoms with Crippen LogP contribution in [0, 0.1) is 0 Å². The molecule has 81 heavy (non-hydrogen) atoms. The van der Waals surface area contributed by atoms with Crippen molar-refractivity contribution in [1.82, 2.24) is 0 Å². The minimum absolute atomic E-state index is 0.0854. The lowest BCUT2D eigenvalue weighted by Crippen LogP contribution is -2.30. The first kappa shape index (κ1) is 78.5. The van der Waals surface area contributed by atoms with Crippen molar-refractivity contribution in [2.24, 2.45) is 0 Å². The Balaban J connectivity index is 5.22. The lowest BCUT2D eigenvalue weighted by molar-refractivity contribution is -0.161. The van der Waals surface area contributed by atoms with E-state index < -0.39 is 97.5 Å². The molecule has 0 spiro atoms. The average molecular weight is 1200 g/mol. The first-order valence-electron chi connectivity index (χ1n) is 32.1. The fourth-order valence-corrected chi connectivity index (χ4v) is 10.3. The first-order chi connectivity index (χ1) is 39.2. The van der Waals surface area contributed by atoms with Crippen LogP contribution < -0.4 is 0 Å². The Bertz CT molecular complexity index is 1660. The van der Waals surface area contributed by atoms with Gasteiger partial charge in [-0.1, -0.05) is 238 Å². The number of unbranched alkanes of at least 4 members (excludes halogenated alkanes) is 32. The maximum Gasteiger partial charge on any atom is 0.472 e. The number of aliphatic hydroxyl groups excluding tert-OH is 1. The van der Waals surface area contributed by atoms with Crippen LogP contribution in [0.5, 0.6) is 0 Å². The molecule has 0 aromatic carbocycles. The van der Waals surface area contributed by atoms with Crippen LogP contribution in [0.2, 0.25) is 0 Å². The Morgan fingerprint density at radius 3 is 0.901 bits per heavy atom. The third-order valence-electron chi connectivity index (χ3n) is 13.7. The van der Waals surface area contributed by atoms with Crippen molar-refractivity contribution in [3.63, 3.8) is 0 Å². The van der Waals surface area contributed by atoms with Crippen LogP contribution in [0.15, 0.2) is 24.3 Å². The molecular formula is C62H116O17P2. The number of hydrogen-bond donors (Lipinski definition) is 3. The van der Waals surface area contributed by atoms with Crippen LogP contribution in [0.4, 0.5) is 0 Å². The van der Waals surface area contributed by atoms with Crippen LogP contribution in [-0.4, -0.2) is 96.7 Å². The van der Waals surface area contributed by atoms with Gasteiger partial charge in [-0.25, -0.2) is 9.13 Å². The van der Waals surface area contributed by atoms with E-state index >= 15 is 0 Å². The van der Waals surface area contributed by atoms with Crippen molar-refractivity contribution in [2.75, 3.05) is 39.6 Å². The number of phosphoric ester groups is 2. The van der Waals surface area contributed by atoms with Crippen LogP contribution in [0.3, 0.4) is 0 Å². The molecule has 0 aromatic heterocycles. The smallest absolute Gasteiger partial charge is 0.462 e. The van der Waals surface area contributed by atoms with Crippen molar-refractivity contribution in [3.05, 3.63) is 24.3 Å². The van der Waals surface area contributed by atoms with Crippen molar-refractivity contribution >= 4 is 39.5 Å². The van der Waals surface area contributed by atoms with Crippen molar-refractivity contribution in [2.45, 2.75) is 309 Å². The summed E-state index contributed by atoms with van der Waals surface area (Å²) in [4.78, 5) is 71.8. The molecule has 0 aliphatic heterocycles. The van der Waals surface area contributed by atoms with Gasteiger partial charge in [-0.15, -0.1) is 0 Å². The van der Waals surface area contributed by atoms with Gasteiger partial charge in [0, 0.05) is 25.7 Å². The summed E-state index contributed by atoms with van der Waals surface area (Å²) in [6.07, 6.45) is 44.1. The molecule has 0 heterocycles. The quantitative estimate of drug-likeness (QED) is 0.0169. The highest BCUT2D eigenvalue weighted by Gasteiger charge is 2.30. The predicted octanol–water partition coefficient (Wildman–Crippen LogP) is 16.7. The monoisotopic (exact) mass is 1190 g/mol. The van der Waals surface area contributed by atoms with E-state index in [1.165, 1.54) is 83.5 Å². The number of allylic oxidation sites excluding steroid dienone is 4. The number of aliphatic hydroxyl groups is 1. The third kappa shape index (κ3) is 56.4. The minimum Gasteiger partial charge on any atom is -0.462 e. The van der Waals surface area contributed by atoms with Gasteiger partial charge < -0.3 is 33.8 Å². The molecular weight excluding hydrogens is 1080 g/mol. The number of esters is 4. The molecule has 476 valence electrons. The van der Waals surface area contributed by atoms with Gasteiger partial charge in [-0.2, -0.15) is 0 Å². The Labute approximate surface area is 491 Å². The number of carbonyl (C=O) groups is 4. The molecule has 0 bridgehead atoms. The van der Waals surface area contributed by atoms with Crippen LogP contribution >= 0.6 is 15.6 Å². The van der Waals surface area contributed by atoms with E-state index in [0.717, 1.165) is 128 Å². The van der Waals surface area contributed by atoms with Gasteiger partial charge in [0.15, 0.2) is 12.2 Å². The molecule has 0 saturated heterocycles. The average Bonchev–Trinajstić information content (AvgIpc) is 3.44. The molecule has 19 heteroatoms. The van der Waals surface area contributed by atoms with E-state index in [1.54, 1.807) is 0 Å². The Morgan fingerprint density at radius 1 is 0.346 bits per heavy atom. The predicted molar refractivity (Wildman–Crippen MR) is 321 cm³/mol. The van der Waals surface area contributed by atoms with Crippen molar-refractivity contribution < 1.29 is 80.2 Å². The Kier molecular flexibility index (Phi) is 54.9. The van der Waals surface area contributed by atoms with Gasteiger partial charge >= 0.3 is 39.5 Å². The summed E-state index contributed by atoms with van der Waals surface area (Å²) >= 11 is 0. The molecule has 5 atom stereocenters. The summed E-state index contributed by atoms with van der Waals surface area (Å²) in [6.45, 7) is 4.73. The van der Waals surface area contributed by atoms with E-state index in [0.29, 0.717) is 25.7 Å². The first-order valence-corrected chi connectivity index (χ1v) is 35.1. The standard InChI is InChI=1S/C62H116O17P2/c1-5-9-13-17-21-23-25-27-28-29-31-33-37-41-45-49-62(67)79-58(53-73-60(65)47-43-39-36-32-30-26-24-22-18-14-10-6-2)55-77-81(70,71)75-51-56(63)50-74-80(68,69)76-54-57(78-61(66)48-44-40-35-20-16-12-8-4)52-72-59(64)46-42-38-34-19-15-11-7-3/h23,25,27-28,56-58,63H,5-22,24,26,29-55H2,1-4H3,(H,68,69)(H,70,71)/b25-23-,28-27-/t56-,57+,58+/m0/s1. The highest BCUT2D eigenvalue weighted by atomic mass is 31.2. The van der Waals surface area contributed by atoms with Gasteiger partial charge in [0.25, 0.3) is 0 Å². The van der Waals surface area contributed by atoms with Gasteiger partial charge in [-0.05, 0) is 51.4 Å². The summed E-state index contributed by atoms with van der Waals surface area (Å²) in [7, 11) is -9.88.